The number of hydrogen-bond acceptors (Lipinski definition) is 3. The van der Waals surface area contributed by atoms with Gasteiger partial charge in [0.05, 0.1) is 13.8 Å². The fourth-order valence-corrected chi connectivity index (χ4v) is 1.59. The van der Waals surface area contributed by atoms with E-state index in [2.05, 4.69) is 42.0 Å². The lowest BCUT2D eigenvalue weighted by Crippen LogP contribution is -2.02. The monoisotopic (exact) mass is 247 g/mol. The molecule has 0 saturated heterocycles. The molecule has 0 amide bonds. The van der Waals surface area contributed by atoms with Gasteiger partial charge in [-0.1, -0.05) is 29.8 Å². The van der Waals surface area contributed by atoms with Crippen LogP contribution in [-0.4, -0.2) is 20.4 Å². The van der Waals surface area contributed by atoms with E-state index in [1.807, 2.05) is 13.0 Å². The van der Waals surface area contributed by atoms with Gasteiger partial charge < -0.3 is 15.2 Å². The molecule has 0 fully saturated rings. The van der Waals surface area contributed by atoms with E-state index in [-0.39, 0.29) is 0 Å². The minimum Gasteiger partial charge on any atom is -0.497 e. The molecule has 2 N–H and O–H groups in total. The molecule has 0 aliphatic heterocycles. The van der Waals surface area contributed by atoms with Crippen LogP contribution in [-0.2, 0) is 4.74 Å². The van der Waals surface area contributed by atoms with E-state index in [0.717, 1.165) is 12.4 Å². The maximum Gasteiger partial charge on any atom is 0.119 e. The van der Waals surface area contributed by atoms with Gasteiger partial charge in [-0.15, -0.1) is 0 Å². The van der Waals surface area contributed by atoms with Crippen molar-refractivity contribution < 1.29 is 9.47 Å². The topological polar surface area (TPSA) is 44.5 Å². The number of hydrogen-bond donors (Lipinski definition) is 1. The minimum absolute atomic E-state index is 0.344. The molecule has 0 spiro atoms. The second-order valence-corrected chi connectivity index (χ2v) is 3.88. The van der Waals surface area contributed by atoms with Gasteiger partial charge >= 0.3 is 0 Å². The Bertz CT molecular complexity index is 481. The van der Waals surface area contributed by atoms with Crippen LogP contribution < -0.4 is 10.5 Å². The third-order valence-corrected chi connectivity index (χ3v) is 2.52. The molecular formula is C15H21NO2. The highest BCUT2D eigenvalue weighted by molar-refractivity contribution is 5.84. The summed E-state index contributed by atoms with van der Waals surface area (Å²) in [5.74, 6) is 0.913. The predicted octanol–water partition coefficient (Wildman–Crippen LogP) is 3.10. The van der Waals surface area contributed by atoms with Gasteiger partial charge in [-0.2, -0.15) is 0 Å². The van der Waals surface area contributed by atoms with Gasteiger partial charge in [0.2, 0.25) is 0 Å². The van der Waals surface area contributed by atoms with Crippen LogP contribution in [0.3, 0.4) is 0 Å². The second-order valence-electron chi connectivity index (χ2n) is 3.88. The van der Waals surface area contributed by atoms with Crippen LogP contribution in [0.1, 0.15) is 12.5 Å². The molecule has 18 heavy (non-hydrogen) atoms. The van der Waals surface area contributed by atoms with Crippen molar-refractivity contribution in [1.29, 1.82) is 0 Å². The summed E-state index contributed by atoms with van der Waals surface area (Å²) in [5, 5.41) is 2.49. The highest BCUT2D eigenvalue weighted by Gasteiger charge is 1.95. The van der Waals surface area contributed by atoms with Crippen molar-refractivity contribution in [3.8, 4) is 5.75 Å². The molecule has 0 aromatic heterocycles. The van der Waals surface area contributed by atoms with Crippen molar-refractivity contribution in [1.82, 2.24) is 0 Å². The van der Waals surface area contributed by atoms with Gasteiger partial charge in [0, 0.05) is 6.61 Å². The Morgan fingerprint density at radius 2 is 1.72 bits per heavy atom. The summed E-state index contributed by atoms with van der Waals surface area (Å²) in [6, 6.07) is 12.5. The van der Waals surface area contributed by atoms with E-state index >= 15 is 0 Å². The first-order valence-corrected chi connectivity index (χ1v) is 6.03. The Morgan fingerprint density at radius 3 is 2.28 bits per heavy atom. The molecule has 0 aliphatic rings. The van der Waals surface area contributed by atoms with E-state index in [0.29, 0.717) is 6.73 Å². The number of nitrogens with two attached hydrogens (primary N) is 1. The summed E-state index contributed by atoms with van der Waals surface area (Å²) in [4.78, 5) is 0. The lowest BCUT2D eigenvalue weighted by molar-refractivity contribution is 0.155. The van der Waals surface area contributed by atoms with Gasteiger partial charge in [0.15, 0.2) is 0 Å². The smallest absolute Gasteiger partial charge is 0.119 e. The largest absolute Gasteiger partial charge is 0.497 e. The maximum atomic E-state index is 5.15. The molecule has 2 aromatic carbocycles. The zero-order valence-electron chi connectivity index (χ0n) is 11.3. The number of fused-ring (bicyclic) bond motifs is 1. The normalized spacial score (nSPS) is 9.78. The standard InChI is InChI=1S/C12H12O.C3H9NO/c1-9-3-4-11-8-12(13-2)6-5-10(11)7-9;1-2-5-3-4/h3-8H,1-2H3;2-4H2,1H3. The van der Waals surface area contributed by atoms with Crippen LogP contribution in [0.2, 0.25) is 0 Å². The average Bonchev–Trinajstić information content (AvgIpc) is 2.40. The molecule has 0 unspecified atom stereocenters. The van der Waals surface area contributed by atoms with Crippen LogP contribution in [0.15, 0.2) is 36.4 Å². The fourth-order valence-electron chi connectivity index (χ4n) is 1.59. The van der Waals surface area contributed by atoms with Gasteiger partial charge in [0.25, 0.3) is 0 Å². The molecule has 3 nitrogen and oxygen atoms in total. The zero-order valence-corrected chi connectivity index (χ0v) is 11.3. The molecule has 2 aromatic rings. The minimum atomic E-state index is 0.344. The second kappa shape index (κ2) is 7.69. The summed E-state index contributed by atoms with van der Waals surface area (Å²) in [6.45, 7) is 5.07. The Hall–Kier alpha value is -1.58. The van der Waals surface area contributed by atoms with Gasteiger partial charge in [0.1, 0.15) is 5.75 Å². The first-order valence-electron chi connectivity index (χ1n) is 6.03. The average molecular weight is 247 g/mol. The van der Waals surface area contributed by atoms with E-state index < -0.39 is 0 Å². The molecule has 3 heteroatoms. The molecule has 0 saturated carbocycles. The Labute approximate surface area is 109 Å². The highest BCUT2D eigenvalue weighted by Crippen LogP contribution is 2.21. The summed E-state index contributed by atoms with van der Waals surface area (Å²) in [5.41, 5.74) is 6.21. The number of ether oxygens (including phenoxy) is 2. The van der Waals surface area contributed by atoms with Crippen LogP contribution in [0.25, 0.3) is 10.8 Å². The summed E-state index contributed by atoms with van der Waals surface area (Å²) in [7, 11) is 1.69. The van der Waals surface area contributed by atoms with E-state index in [1.165, 1.54) is 16.3 Å². The predicted molar refractivity (Wildman–Crippen MR) is 75.9 cm³/mol. The first-order chi connectivity index (χ1) is 8.71. The highest BCUT2D eigenvalue weighted by atomic mass is 16.5. The van der Waals surface area contributed by atoms with Crippen molar-refractivity contribution in [3.05, 3.63) is 42.0 Å². The number of rotatable bonds is 3. The quantitative estimate of drug-likeness (QED) is 0.848. The van der Waals surface area contributed by atoms with Crippen molar-refractivity contribution in [2.45, 2.75) is 13.8 Å². The Kier molecular flexibility index (Phi) is 6.19. The molecule has 2 rings (SSSR count). The van der Waals surface area contributed by atoms with Crippen LogP contribution >= 0.6 is 0 Å². The molecular weight excluding hydrogens is 226 g/mol. The van der Waals surface area contributed by atoms with E-state index in [9.17, 15) is 0 Å². The number of aryl methyl sites for hydroxylation is 1. The van der Waals surface area contributed by atoms with Gasteiger partial charge in [-0.25, -0.2) is 0 Å². The molecule has 0 radical (unpaired) electrons. The molecule has 98 valence electrons. The lowest BCUT2D eigenvalue weighted by Gasteiger charge is -2.02. The van der Waals surface area contributed by atoms with Crippen molar-refractivity contribution in [2.75, 3.05) is 20.4 Å². The zero-order chi connectivity index (χ0) is 13.4. The Balaban J connectivity index is 0.000000280. The Morgan fingerprint density at radius 1 is 1.06 bits per heavy atom. The van der Waals surface area contributed by atoms with Crippen LogP contribution in [0, 0.1) is 6.92 Å². The van der Waals surface area contributed by atoms with E-state index in [1.54, 1.807) is 7.11 Å². The van der Waals surface area contributed by atoms with E-state index in [4.69, 9.17) is 10.5 Å². The summed E-state index contributed by atoms with van der Waals surface area (Å²) in [6.07, 6.45) is 0. The SMILES string of the molecule is CCOCN.COc1ccc2cc(C)ccc2c1. The molecule has 0 bridgehead atoms. The van der Waals surface area contributed by atoms with Gasteiger partial charge in [-0.05, 0) is 36.8 Å². The summed E-state index contributed by atoms with van der Waals surface area (Å²) >= 11 is 0. The van der Waals surface area contributed by atoms with Crippen LogP contribution in [0.4, 0.5) is 0 Å². The molecule has 0 aliphatic carbocycles. The number of methoxy groups -OCH3 is 1. The lowest BCUT2D eigenvalue weighted by atomic mass is 10.1. The van der Waals surface area contributed by atoms with Crippen molar-refractivity contribution in [2.24, 2.45) is 5.73 Å². The maximum absolute atomic E-state index is 5.15. The van der Waals surface area contributed by atoms with Crippen LogP contribution in [0.5, 0.6) is 5.75 Å². The number of benzene rings is 2. The van der Waals surface area contributed by atoms with Crippen molar-refractivity contribution >= 4 is 10.8 Å². The third-order valence-electron chi connectivity index (χ3n) is 2.52. The van der Waals surface area contributed by atoms with Gasteiger partial charge in [-0.3, -0.25) is 0 Å². The first kappa shape index (κ1) is 14.5. The van der Waals surface area contributed by atoms with Crippen molar-refractivity contribution in [3.63, 3.8) is 0 Å². The third kappa shape index (κ3) is 4.35. The fraction of sp³-hybridized carbons (Fsp3) is 0.333. The molecule has 0 heterocycles. The summed E-state index contributed by atoms with van der Waals surface area (Å²) < 4.78 is 9.76. The molecule has 0 atom stereocenters.